The highest BCUT2D eigenvalue weighted by Crippen LogP contribution is 2.37. The van der Waals surface area contributed by atoms with Gasteiger partial charge in [0.1, 0.15) is 17.9 Å². The topological polar surface area (TPSA) is 98.5 Å². The van der Waals surface area contributed by atoms with E-state index in [-0.39, 0.29) is 35.4 Å². The fourth-order valence-corrected chi connectivity index (χ4v) is 6.33. The maximum atomic E-state index is 14.5. The van der Waals surface area contributed by atoms with E-state index in [4.69, 9.17) is 31.3 Å². The third-order valence-corrected chi connectivity index (χ3v) is 8.76. The Hall–Kier alpha value is -4.33. The van der Waals surface area contributed by atoms with Gasteiger partial charge in [-0.2, -0.15) is 15.2 Å². The van der Waals surface area contributed by atoms with Gasteiger partial charge in [0.15, 0.2) is 5.82 Å². The Morgan fingerprint density at radius 3 is 2.86 bits per heavy atom. The molecule has 0 N–H and O–H groups in total. The molecule has 220 valence electrons. The van der Waals surface area contributed by atoms with E-state index in [1.807, 2.05) is 29.2 Å². The Morgan fingerprint density at radius 2 is 2.09 bits per heavy atom. The number of likely N-dealkylation sites (N-methyl/N-ethyl adjacent to an activating group) is 1. The molecule has 0 radical (unpaired) electrons. The van der Waals surface area contributed by atoms with Crippen molar-refractivity contribution in [2.24, 2.45) is 0 Å². The van der Waals surface area contributed by atoms with Crippen LogP contribution in [-0.2, 0) is 4.79 Å². The number of rotatable bonds is 7. The molecule has 0 saturated carbocycles. The molecule has 2 saturated heterocycles. The summed E-state index contributed by atoms with van der Waals surface area (Å²) in [6.07, 6.45) is 5.32. The van der Waals surface area contributed by atoms with Crippen LogP contribution in [0.15, 0.2) is 55.3 Å². The second kappa shape index (κ2) is 12.1. The summed E-state index contributed by atoms with van der Waals surface area (Å²) in [5, 5.41) is 10.9. The lowest BCUT2D eigenvalue weighted by Gasteiger charge is -2.40. The SMILES string of the molecule is C=CC(=O)N1CCN(c2nc(OCC3CCCN3C)nc3cc(-c4cccc5ccc(F)c(Cl)c45)cnc23)CC1CC#N. The second-order valence-corrected chi connectivity index (χ2v) is 11.4. The van der Waals surface area contributed by atoms with Crippen LogP contribution in [0.1, 0.15) is 19.3 Å². The van der Waals surface area contributed by atoms with E-state index in [9.17, 15) is 14.4 Å². The molecular formula is C32H31ClFN7O2. The van der Waals surface area contributed by atoms with Crippen LogP contribution in [0.5, 0.6) is 6.01 Å². The number of carbonyl (C=O) groups is 1. The molecule has 4 aromatic rings. The van der Waals surface area contributed by atoms with Gasteiger partial charge in [0.05, 0.1) is 29.1 Å². The second-order valence-electron chi connectivity index (χ2n) is 11.0. The van der Waals surface area contributed by atoms with Crippen molar-refractivity contribution in [1.82, 2.24) is 24.8 Å². The van der Waals surface area contributed by atoms with E-state index in [1.54, 1.807) is 17.2 Å². The predicted octanol–water partition coefficient (Wildman–Crippen LogP) is 5.23. The van der Waals surface area contributed by atoms with Crippen molar-refractivity contribution in [3.05, 3.63) is 66.1 Å². The predicted molar refractivity (Wildman–Crippen MR) is 165 cm³/mol. The zero-order valence-corrected chi connectivity index (χ0v) is 24.6. The lowest BCUT2D eigenvalue weighted by molar-refractivity contribution is -0.128. The third-order valence-electron chi connectivity index (χ3n) is 8.39. The number of anilines is 1. The minimum absolute atomic E-state index is 0.0526. The maximum absolute atomic E-state index is 14.5. The van der Waals surface area contributed by atoms with Crippen LogP contribution < -0.4 is 9.64 Å². The van der Waals surface area contributed by atoms with E-state index in [0.717, 1.165) is 35.9 Å². The first-order valence-electron chi connectivity index (χ1n) is 14.3. The van der Waals surface area contributed by atoms with E-state index < -0.39 is 5.82 Å². The number of fused-ring (bicyclic) bond motifs is 2. The van der Waals surface area contributed by atoms with Crippen LogP contribution in [0.2, 0.25) is 5.02 Å². The molecule has 2 aromatic carbocycles. The molecule has 6 rings (SSSR count). The Balaban J connectivity index is 1.43. The number of amides is 1. The molecule has 2 fully saturated rings. The molecule has 2 aromatic heterocycles. The summed E-state index contributed by atoms with van der Waals surface area (Å²) in [5.74, 6) is -0.124. The lowest BCUT2D eigenvalue weighted by atomic mass is 9.99. The maximum Gasteiger partial charge on any atom is 0.319 e. The number of nitriles is 1. The van der Waals surface area contributed by atoms with Crippen molar-refractivity contribution in [3.63, 3.8) is 0 Å². The van der Waals surface area contributed by atoms with Crippen molar-refractivity contribution in [2.75, 3.05) is 44.7 Å². The van der Waals surface area contributed by atoms with Crippen molar-refractivity contribution in [1.29, 1.82) is 5.26 Å². The first kappa shape index (κ1) is 28.8. The number of ether oxygens (including phenoxy) is 1. The molecule has 2 aliphatic heterocycles. The molecule has 0 spiro atoms. The average Bonchev–Trinajstić information content (AvgIpc) is 3.44. The number of halogens is 2. The standard InChI is InChI=1S/C32H31ClFN7O2/c1-3-27(42)41-15-14-40(18-22(41)11-12-35)31-30-26(37-32(38-31)43-19-23-7-5-13-39(23)2)16-21(17-36-30)24-8-4-6-20-9-10-25(34)29(33)28(20)24/h3-4,6,8-10,16-17,22-23H,1,5,7,11,13-15,18-19H2,2H3. The zero-order valence-electron chi connectivity index (χ0n) is 23.8. The molecule has 4 heterocycles. The summed E-state index contributed by atoms with van der Waals surface area (Å²) in [5.41, 5.74) is 2.58. The Morgan fingerprint density at radius 1 is 1.23 bits per heavy atom. The molecule has 1 amide bonds. The number of pyridine rings is 1. The Kier molecular flexibility index (Phi) is 8.10. The smallest absolute Gasteiger partial charge is 0.319 e. The molecule has 0 bridgehead atoms. The van der Waals surface area contributed by atoms with Crippen molar-refractivity contribution in [2.45, 2.75) is 31.3 Å². The minimum Gasteiger partial charge on any atom is -0.462 e. The van der Waals surface area contributed by atoms with Gasteiger partial charge in [-0.25, -0.2) is 4.39 Å². The molecule has 9 nitrogen and oxygen atoms in total. The highest BCUT2D eigenvalue weighted by atomic mass is 35.5. The van der Waals surface area contributed by atoms with Crippen LogP contribution in [-0.4, -0.2) is 82.6 Å². The quantitative estimate of drug-likeness (QED) is 0.267. The van der Waals surface area contributed by atoms with Gasteiger partial charge in [-0.1, -0.05) is 42.4 Å². The van der Waals surface area contributed by atoms with Crippen molar-refractivity contribution < 1.29 is 13.9 Å². The molecule has 2 unspecified atom stereocenters. The van der Waals surface area contributed by atoms with Crippen molar-refractivity contribution in [3.8, 4) is 23.2 Å². The molecule has 43 heavy (non-hydrogen) atoms. The summed E-state index contributed by atoms with van der Waals surface area (Å²) < 4.78 is 20.7. The fourth-order valence-electron chi connectivity index (χ4n) is 6.06. The van der Waals surface area contributed by atoms with Gasteiger partial charge in [-0.15, -0.1) is 0 Å². The number of aromatic nitrogens is 3. The number of hydrogen-bond acceptors (Lipinski definition) is 8. The number of nitrogens with zero attached hydrogens (tertiary/aromatic N) is 7. The fraction of sp³-hybridized carbons (Fsp3) is 0.344. The summed E-state index contributed by atoms with van der Waals surface area (Å²) in [6, 6.07) is 13.0. The number of benzene rings is 2. The number of carbonyl (C=O) groups excluding carboxylic acids is 1. The van der Waals surface area contributed by atoms with Gasteiger partial charge in [0, 0.05) is 42.8 Å². The van der Waals surface area contributed by atoms with Crippen LogP contribution >= 0.6 is 11.6 Å². The van der Waals surface area contributed by atoms with Crippen LogP contribution in [0.25, 0.3) is 32.9 Å². The van der Waals surface area contributed by atoms with Crippen molar-refractivity contribution >= 4 is 45.1 Å². The highest BCUT2D eigenvalue weighted by Gasteiger charge is 2.32. The Labute approximate surface area is 254 Å². The number of likely N-dealkylation sites (tertiary alicyclic amines) is 1. The van der Waals surface area contributed by atoms with E-state index in [0.29, 0.717) is 48.5 Å². The normalized spacial score (nSPS) is 19.1. The van der Waals surface area contributed by atoms with E-state index >= 15 is 0 Å². The summed E-state index contributed by atoms with van der Waals surface area (Å²) in [4.78, 5) is 32.8. The molecule has 0 aliphatic carbocycles. The summed E-state index contributed by atoms with van der Waals surface area (Å²) in [7, 11) is 2.08. The number of hydrogen-bond donors (Lipinski definition) is 0. The molecule has 2 atom stereocenters. The van der Waals surface area contributed by atoms with Crippen LogP contribution in [0.4, 0.5) is 10.2 Å². The van der Waals surface area contributed by atoms with E-state index in [1.165, 1.54) is 12.1 Å². The Bertz CT molecular complexity index is 1760. The molecule has 11 heteroatoms. The van der Waals surface area contributed by atoms with Gasteiger partial charge in [-0.3, -0.25) is 9.78 Å². The highest BCUT2D eigenvalue weighted by molar-refractivity contribution is 6.36. The van der Waals surface area contributed by atoms with Crippen LogP contribution in [0, 0.1) is 17.1 Å². The largest absolute Gasteiger partial charge is 0.462 e. The first-order chi connectivity index (χ1) is 20.9. The number of piperazine rings is 1. The van der Waals surface area contributed by atoms with Gasteiger partial charge in [0.25, 0.3) is 0 Å². The lowest BCUT2D eigenvalue weighted by Crippen LogP contribution is -2.55. The van der Waals surface area contributed by atoms with Gasteiger partial charge >= 0.3 is 6.01 Å². The third kappa shape index (κ3) is 5.58. The zero-order chi connectivity index (χ0) is 30.1. The van der Waals surface area contributed by atoms with Gasteiger partial charge < -0.3 is 19.4 Å². The average molecular weight is 600 g/mol. The minimum atomic E-state index is -0.492. The monoisotopic (exact) mass is 599 g/mol. The van der Waals surface area contributed by atoms with Gasteiger partial charge in [-0.05, 0) is 55.6 Å². The molecule has 2 aliphatic rings. The van der Waals surface area contributed by atoms with Crippen LogP contribution in [0.3, 0.4) is 0 Å². The summed E-state index contributed by atoms with van der Waals surface area (Å²) >= 11 is 6.44. The first-order valence-corrected chi connectivity index (χ1v) is 14.7. The van der Waals surface area contributed by atoms with E-state index in [2.05, 4.69) is 24.6 Å². The van der Waals surface area contributed by atoms with Gasteiger partial charge in [0.2, 0.25) is 5.91 Å². The molecular weight excluding hydrogens is 569 g/mol. The summed E-state index contributed by atoms with van der Waals surface area (Å²) in [6.45, 7) is 6.37.